The molecule has 2 rings (SSSR count). The minimum atomic E-state index is -0.0261. The molecule has 6 heteroatoms. The van der Waals surface area contributed by atoms with Gasteiger partial charge in [0.25, 0.3) is 5.91 Å². The van der Waals surface area contributed by atoms with E-state index in [0.717, 1.165) is 11.4 Å². The van der Waals surface area contributed by atoms with E-state index in [2.05, 4.69) is 10.2 Å². The molecule has 1 amide bonds. The summed E-state index contributed by atoms with van der Waals surface area (Å²) in [7, 11) is 5.45. The Morgan fingerprint density at radius 3 is 2.67 bits per heavy atom. The molecule has 0 aliphatic rings. The zero-order valence-corrected chi connectivity index (χ0v) is 11.1. The Hall–Kier alpha value is -2.11. The van der Waals surface area contributed by atoms with E-state index in [0.29, 0.717) is 12.1 Å². The number of carbonyl (C=O) groups is 1. The average molecular weight is 247 g/mol. The van der Waals surface area contributed by atoms with Gasteiger partial charge in [0, 0.05) is 33.5 Å². The van der Waals surface area contributed by atoms with Gasteiger partial charge in [-0.2, -0.15) is 10.2 Å². The van der Waals surface area contributed by atoms with Crippen LogP contribution in [-0.4, -0.2) is 37.4 Å². The Morgan fingerprint density at radius 1 is 1.44 bits per heavy atom. The Labute approximate surface area is 106 Å². The third-order valence-corrected chi connectivity index (χ3v) is 2.91. The number of nitrogens with zero attached hydrogens (tertiary/aromatic N) is 5. The number of hydrogen-bond donors (Lipinski definition) is 0. The molecule has 0 bridgehead atoms. The maximum Gasteiger partial charge on any atom is 0.257 e. The highest BCUT2D eigenvalue weighted by atomic mass is 16.2. The average Bonchev–Trinajstić information content (AvgIpc) is 2.85. The molecule has 0 fully saturated rings. The predicted octanol–water partition coefficient (Wildman–Crippen LogP) is 0.734. The predicted molar refractivity (Wildman–Crippen MR) is 67.0 cm³/mol. The van der Waals surface area contributed by atoms with Crippen molar-refractivity contribution in [2.45, 2.75) is 13.5 Å². The summed E-state index contributed by atoms with van der Waals surface area (Å²) in [6.07, 6.45) is 3.47. The van der Waals surface area contributed by atoms with E-state index in [4.69, 9.17) is 0 Å². The van der Waals surface area contributed by atoms with Crippen LogP contribution in [0.4, 0.5) is 0 Å². The van der Waals surface area contributed by atoms with E-state index in [1.165, 1.54) is 0 Å². The van der Waals surface area contributed by atoms with E-state index in [9.17, 15) is 4.79 Å². The molecule has 18 heavy (non-hydrogen) atoms. The number of aryl methyl sites for hydroxylation is 3. The molecule has 0 saturated carbocycles. The quantitative estimate of drug-likeness (QED) is 0.803. The van der Waals surface area contributed by atoms with Crippen LogP contribution in [0.2, 0.25) is 0 Å². The molecule has 0 spiro atoms. The van der Waals surface area contributed by atoms with Crippen molar-refractivity contribution >= 4 is 5.91 Å². The van der Waals surface area contributed by atoms with Crippen LogP contribution in [0.3, 0.4) is 0 Å². The molecule has 96 valence electrons. The molecule has 2 aromatic heterocycles. The summed E-state index contributed by atoms with van der Waals surface area (Å²) < 4.78 is 3.42. The van der Waals surface area contributed by atoms with Crippen molar-refractivity contribution in [3.8, 4) is 0 Å². The SMILES string of the molecule is Cc1nn(C)cc1C(=O)N(C)Cc1ccnn1C. The van der Waals surface area contributed by atoms with Crippen LogP contribution in [-0.2, 0) is 20.6 Å². The number of hydrogen-bond acceptors (Lipinski definition) is 3. The van der Waals surface area contributed by atoms with E-state index >= 15 is 0 Å². The lowest BCUT2D eigenvalue weighted by Gasteiger charge is -2.16. The summed E-state index contributed by atoms with van der Waals surface area (Å²) in [5.41, 5.74) is 2.38. The largest absolute Gasteiger partial charge is 0.336 e. The lowest BCUT2D eigenvalue weighted by molar-refractivity contribution is 0.0781. The second kappa shape index (κ2) is 4.64. The molecule has 0 aliphatic heterocycles. The summed E-state index contributed by atoms with van der Waals surface area (Å²) in [5.74, 6) is -0.0261. The molecular weight excluding hydrogens is 230 g/mol. The molecule has 0 atom stereocenters. The molecule has 0 aromatic carbocycles. The fourth-order valence-electron chi connectivity index (χ4n) is 1.89. The van der Waals surface area contributed by atoms with Crippen LogP contribution in [0.15, 0.2) is 18.5 Å². The highest BCUT2D eigenvalue weighted by Gasteiger charge is 2.17. The minimum Gasteiger partial charge on any atom is -0.336 e. The van der Waals surface area contributed by atoms with E-state index in [1.807, 2.05) is 27.1 Å². The van der Waals surface area contributed by atoms with Crippen molar-refractivity contribution in [1.82, 2.24) is 24.5 Å². The zero-order chi connectivity index (χ0) is 13.3. The van der Waals surface area contributed by atoms with Gasteiger partial charge >= 0.3 is 0 Å². The first-order chi connectivity index (χ1) is 8.49. The fourth-order valence-corrected chi connectivity index (χ4v) is 1.89. The third-order valence-electron chi connectivity index (χ3n) is 2.91. The zero-order valence-electron chi connectivity index (χ0n) is 11.1. The smallest absolute Gasteiger partial charge is 0.257 e. The molecule has 2 aromatic rings. The van der Waals surface area contributed by atoms with Crippen LogP contribution in [0, 0.1) is 6.92 Å². The van der Waals surface area contributed by atoms with Gasteiger partial charge in [-0.3, -0.25) is 14.2 Å². The molecule has 0 aliphatic carbocycles. The van der Waals surface area contributed by atoms with E-state index in [-0.39, 0.29) is 5.91 Å². The lowest BCUT2D eigenvalue weighted by Crippen LogP contribution is -2.27. The number of amides is 1. The second-order valence-electron chi connectivity index (χ2n) is 4.41. The molecule has 6 nitrogen and oxygen atoms in total. The topological polar surface area (TPSA) is 56.0 Å². The molecular formula is C12H17N5O. The van der Waals surface area contributed by atoms with Gasteiger partial charge in [-0.15, -0.1) is 0 Å². The molecule has 0 radical (unpaired) electrons. The normalized spacial score (nSPS) is 10.7. The van der Waals surface area contributed by atoms with Crippen molar-refractivity contribution in [1.29, 1.82) is 0 Å². The van der Waals surface area contributed by atoms with Gasteiger partial charge in [-0.05, 0) is 13.0 Å². The Kier molecular flexibility index (Phi) is 3.18. The first-order valence-corrected chi connectivity index (χ1v) is 5.71. The first-order valence-electron chi connectivity index (χ1n) is 5.71. The minimum absolute atomic E-state index is 0.0261. The number of rotatable bonds is 3. The molecule has 0 unspecified atom stereocenters. The van der Waals surface area contributed by atoms with Crippen molar-refractivity contribution in [3.63, 3.8) is 0 Å². The summed E-state index contributed by atoms with van der Waals surface area (Å²) >= 11 is 0. The van der Waals surface area contributed by atoms with Gasteiger partial charge in [0.2, 0.25) is 0 Å². The van der Waals surface area contributed by atoms with Crippen LogP contribution >= 0.6 is 0 Å². The summed E-state index contributed by atoms with van der Waals surface area (Å²) in [6, 6.07) is 1.90. The van der Waals surface area contributed by atoms with Crippen molar-refractivity contribution in [3.05, 3.63) is 35.4 Å². The highest BCUT2D eigenvalue weighted by Crippen LogP contribution is 2.10. The molecule has 2 heterocycles. The van der Waals surface area contributed by atoms with Crippen LogP contribution in [0.5, 0.6) is 0 Å². The van der Waals surface area contributed by atoms with Crippen LogP contribution < -0.4 is 0 Å². The Morgan fingerprint density at radius 2 is 2.17 bits per heavy atom. The van der Waals surface area contributed by atoms with Crippen LogP contribution in [0.25, 0.3) is 0 Å². The van der Waals surface area contributed by atoms with Crippen molar-refractivity contribution in [2.75, 3.05) is 7.05 Å². The van der Waals surface area contributed by atoms with Crippen LogP contribution in [0.1, 0.15) is 21.7 Å². The highest BCUT2D eigenvalue weighted by molar-refractivity contribution is 5.94. The van der Waals surface area contributed by atoms with Gasteiger partial charge in [-0.25, -0.2) is 0 Å². The maximum absolute atomic E-state index is 12.3. The number of carbonyl (C=O) groups excluding carboxylic acids is 1. The van der Waals surface area contributed by atoms with E-state index < -0.39 is 0 Å². The van der Waals surface area contributed by atoms with Gasteiger partial charge in [0.05, 0.1) is 23.5 Å². The van der Waals surface area contributed by atoms with E-state index in [1.54, 1.807) is 33.7 Å². The van der Waals surface area contributed by atoms with Gasteiger partial charge in [0.15, 0.2) is 0 Å². The Balaban J connectivity index is 2.14. The summed E-state index contributed by atoms with van der Waals surface area (Å²) in [6.45, 7) is 2.37. The summed E-state index contributed by atoms with van der Waals surface area (Å²) in [5, 5.41) is 8.27. The second-order valence-corrected chi connectivity index (χ2v) is 4.41. The monoisotopic (exact) mass is 247 g/mol. The fraction of sp³-hybridized carbons (Fsp3) is 0.417. The van der Waals surface area contributed by atoms with Crippen molar-refractivity contribution < 1.29 is 4.79 Å². The maximum atomic E-state index is 12.3. The van der Waals surface area contributed by atoms with Crippen molar-refractivity contribution in [2.24, 2.45) is 14.1 Å². The molecule has 0 N–H and O–H groups in total. The number of aromatic nitrogens is 4. The van der Waals surface area contributed by atoms with Gasteiger partial charge in [0.1, 0.15) is 0 Å². The van der Waals surface area contributed by atoms with Gasteiger partial charge < -0.3 is 4.90 Å². The Bertz CT molecular complexity index is 569. The van der Waals surface area contributed by atoms with Gasteiger partial charge in [-0.1, -0.05) is 0 Å². The lowest BCUT2D eigenvalue weighted by atomic mass is 10.2. The first kappa shape index (κ1) is 12.3. The summed E-state index contributed by atoms with van der Waals surface area (Å²) in [4.78, 5) is 13.9. The third kappa shape index (κ3) is 2.27. The molecule has 0 saturated heterocycles. The standard InChI is InChI=1S/C12H17N5O/c1-9-11(8-16(3)14-9)12(18)15(2)7-10-5-6-13-17(10)4/h5-6,8H,7H2,1-4H3.